The maximum Gasteiger partial charge on any atom is 0.320 e. The fourth-order valence-corrected chi connectivity index (χ4v) is 4.23. The summed E-state index contributed by atoms with van der Waals surface area (Å²) in [6.45, 7) is 5.71. The van der Waals surface area contributed by atoms with Crippen molar-refractivity contribution in [2.24, 2.45) is 17.3 Å². The van der Waals surface area contributed by atoms with Crippen molar-refractivity contribution in [2.45, 2.75) is 45.6 Å². The molecule has 5 heteroatoms. The quantitative estimate of drug-likeness (QED) is 0.842. The standard InChI is InChI=1S/C15H24N2O3/c1-10(2)15(13(18)19)5-6-16(9-15)14(20)17-8-11-3-4-12(17)7-11/h10-12H,3-9H2,1-2H3,(H,18,19). The predicted octanol–water partition coefficient (Wildman–Crippen LogP) is 2.02. The number of rotatable bonds is 2. The molecule has 20 heavy (non-hydrogen) atoms. The van der Waals surface area contributed by atoms with E-state index in [2.05, 4.69) is 0 Å². The van der Waals surface area contributed by atoms with Crippen LogP contribution in [0.3, 0.4) is 0 Å². The van der Waals surface area contributed by atoms with Crippen LogP contribution in [0.2, 0.25) is 0 Å². The molecule has 3 aliphatic rings. The number of likely N-dealkylation sites (tertiary alicyclic amines) is 2. The predicted molar refractivity (Wildman–Crippen MR) is 74.3 cm³/mol. The Labute approximate surface area is 119 Å². The number of carboxylic acids is 1. The molecule has 2 saturated heterocycles. The van der Waals surface area contributed by atoms with Gasteiger partial charge in [0.2, 0.25) is 0 Å². The molecule has 0 aromatic heterocycles. The molecular formula is C15H24N2O3. The van der Waals surface area contributed by atoms with Crippen molar-refractivity contribution in [1.29, 1.82) is 0 Å². The molecule has 2 bridgehead atoms. The molecule has 3 rings (SSSR count). The largest absolute Gasteiger partial charge is 0.481 e. The third-order valence-corrected chi connectivity index (χ3v) is 5.76. The van der Waals surface area contributed by atoms with E-state index >= 15 is 0 Å². The molecule has 2 heterocycles. The number of piperidine rings is 1. The highest BCUT2D eigenvalue weighted by Crippen LogP contribution is 2.41. The Hall–Kier alpha value is -1.26. The highest BCUT2D eigenvalue weighted by atomic mass is 16.4. The van der Waals surface area contributed by atoms with E-state index in [1.165, 1.54) is 6.42 Å². The number of amides is 2. The molecule has 5 nitrogen and oxygen atoms in total. The first-order valence-corrected chi connectivity index (χ1v) is 7.73. The lowest BCUT2D eigenvalue weighted by Crippen LogP contribution is -2.48. The van der Waals surface area contributed by atoms with Gasteiger partial charge in [0.25, 0.3) is 0 Å². The Bertz CT molecular complexity index is 437. The minimum Gasteiger partial charge on any atom is -0.481 e. The van der Waals surface area contributed by atoms with Crippen molar-refractivity contribution in [2.75, 3.05) is 19.6 Å². The summed E-state index contributed by atoms with van der Waals surface area (Å²) in [6, 6.07) is 0.479. The van der Waals surface area contributed by atoms with Gasteiger partial charge in [0.15, 0.2) is 0 Å². The lowest BCUT2D eigenvalue weighted by Gasteiger charge is -2.33. The molecule has 2 amide bonds. The molecule has 0 spiro atoms. The fraction of sp³-hybridized carbons (Fsp3) is 0.867. The second-order valence-corrected chi connectivity index (χ2v) is 7.06. The molecule has 3 atom stereocenters. The minimum atomic E-state index is -0.759. The van der Waals surface area contributed by atoms with Crippen LogP contribution in [-0.2, 0) is 4.79 Å². The first kappa shape index (κ1) is 13.7. The van der Waals surface area contributed by atoms with Crippen LogP contribution in [0.25, 0.3) is 0 Å². The Morgan fingerprint density at radius 2 is 2.05 bits per heavy atom. The van der Waals surface area contributed by atoms with E-state index in [9.17, 15) is 14.7 Å². The van der Waals surface area contributed by atoms with Crippen LogP contribution in [0.15, 0.2) is 0 Å². The van der Waals surface area contributed by atoms with E-state index in [0.717, 1.165) is 19.4 Å². The van der Waals surface area contributed by atoms with Crippen LogP contribution in [-0.4, -0.2) is 52.6 Å². The zero-order valence-electron chi connectivity index (χ0n) is 12.3. The number of hydrogen-bond donors (Lipinski definition) is 1. The van der Waals surface area contributed by atoms with E-state index in [1.54, 1.807) is 4.90 Å². The van der Waals surface area contributed by atoms with Crippen molar-refractivity contribution >= 4 is 12.0 Å². The Kier molecular flexibility index (Phi) is 3.18. The van der Waals surface area contributed by atoms with Crippen molar-refractivity contribution in [3.8, 4) is 0 Å². The average molecular weight is 280 g/mol. The number of fused-ring (bicyclic) bond motifs is 2. The van der Waals surface area contributed by atoms with Gasteiger partial charge < -0.3 is 14.9 Å². The Morgan fingerprint density at radius 3 is 2.50 bits per heavy atom. The summed E-state index contributed by atoms with van der Waals surface area (Å²) in [5.74, 6) is -0.0283. The first-order valence-electron chi connectivity index (χ1n) is 7.73. The molecule has 0 aromatic rings. The van der Waals surface area contributed by atoms with E-state index in [1.807, 2.05) is 18.7 Å². The van der Waals surface area contributed by atoms with E-state index in [4.69, 9.17) is 0 Å². The van der Waals surface area contributed by atoms with Gasteiger partial charge >= 0.3 is 12.0 Å². The summed E-state index contributed by atoms with van der Waals surface area (Å²) < 4.78 is 0. The third kappa shape index (κ3) is 1.90. The van der Waals surface area contributed by atoms with Gasteiger partial charge in [-0.1, -0.05) is 13.8 Å². The van der Waals surface area contributed by atoms with E-state index in [0.29, 0.717) is 31.5 Å². The number of carbonyl (C=O) groups excluding carboxylic acids is 1. The summed E-state index contributed by atoms with van der Waals surface area (Å²) in [5, 5.41) is 9.55. The van der Waals surface area contributed by atoms with Gasteiger partial charge in [-0.25, -0.2) is 4.79 Å². The molecule has 112 valence electrons. The molecular weight excluding hydrogens is 256 g/mol. The van der Waals surface area contributed by atoms with Crippen molar-refractivity contribution in [3.05, 3.63) is 0 Å². The average Bonchev–Trinajstić information content (AvgIpc) is 3.12. The number of carboxylic acid groups (broad SMARTS) is 1. The molecule has 0 radical (unpaired) electrons. The summed E-state index contributed by atoms with van der Waals surface area (Å²) in [5.41, 5.74) is -0.756. The van der Waals surface area contributed by atoms with Gasteiger partial charge in [0.05, 0.1) is 5.41 Å². The highest BCUT2D eigenvalue weighted by molar-refractivity contribution is 5.80. The third-order valence-electron chi connectivity index (χ3n) is 5.76. The smallest absolute Gasteiger partial charge is 0.320 e. The van der Waals surface area contributed by atoms with Gasteiger partial charge in [0, 0.05) is 25.7 Å². The van der Waals surface area contributed by atoms with E-state index in [-0.39, 0.29) is 11.9 Å². The second kappa shape index (κ2) is 4.64. The van der Waals surface area contributed by atoms with Crippen LogP contribution in [0.5, 0.6) is 0 Å². The van der Waals surface area contributed by atoms with Gasteiger partial charge in [-0.2, -0.15) is 0 Å². The van der Waals surface area contributed by atoms with Crippen LogP contribution in [0.4, 0.5) is 4.79 Å². The Morgan fingerprint density at radius 1 is 1.30 bits per heavy atom. The SMILES string of the molecule is CC(C)C1(C(=O)O)CCN(C(=O)N2CC3CCC2C3)C1. The summed E-state index contributed by atoms with van der Waals surface area (Å²) in [6.07, 6.45) is 4.10. The van der Waals surface area contributed by atoms with Crippen LogP contribution >= 0.6 is 0 Å². The molecule has 3 unspecified atom stereocenters. The zero-order valence-corrected chi connectivity index (χ0v) is 12.3. The maximum atomic E-state index is 12.6. The summed E-state index contributed by atoms with van der Waals surface area (Å²) in [7, 11) is 0. The number of aliphatic carboxylic acids is 1. The number of nitrogens with zero attached hydrogens (tertiary/aromatic N) is 2. The van der Waals surface area contributed by atoms with Gasteiger partial charge in [-0.15, -0.1) is 0 Å². The summed E-state index contributed by atoms with van der Waals surface area (Å²) in [4.78, 5) is 28.0. The summed E-state index contributed by atoms with van der Waals surface area (Å²) >= 11 is 0. The maximum absolute atomic E-state index is 12.6. The molecule has 1 aliphatic carbocycles. The molecule has 3 fully saturated rings. The number of carbonyl (C=O) groups is 2. The topological polar surface area (TPSA) is 60.9 Å². The van der Waals surface area contributed by atoms with Crippen LogP contribution in [0.1, 0.15) is 39.5 Å². The first-order chi connectivity index (χ1) is 9.44. The molecule has 0 aromatic carbocycles. The van der Waals surface area contributed by atoms with Crippen molar-refractivity contribution in [3.63, 3.8) is 0 Å². The zero-order chi connectivity index (χ0) is 14.5. The van der Waals surface area contributed by atoms with Crippen LogP contribution in [0, 0.1) is 17.3 Å². The lowest BCUT2D eigenvalue weighted by atomic mass is 9.76. The van der Waals surface area contributed by atoms with Gasteiger partial charge in [-0.3, -0.25) is 4.79 Å². The number of urea groups is 1. The lowest BCUT2D eigenvalue weighted by molar-refractivity contribution is -0.150. The number of hydrogen-bond acceptors (Lipinski definition) is 2. The van der Waals surface area contributed by atoms with Crippen LogP contribution < -0.4 is 0 Å². The van der Waals surface area contributed by atoms with Gasteiger partial charge in [0.1, 0.15) is 0 Å². The fourth-order valence-electron chi connectivity index (χ4n) is 4.23. The molecule has 1 N–H and O–H groups in total. The Balaban J connectivity index is 1.70. The van der Waals surface area contributed by atoms with E-state index < -0.39 is 11.4 Å². The minimum absolute atomic E-state index is 0.0489. The molecule has 2 aliphatic heterocycles. The molecule has 1 saturated carbocycles. The normalized spacial score (nSPS) is 36.1. The highest BCUT2D eigenvalue weighted by Gasteiger charge is 2.50. The second-order valence-electron chi connectivity index (χ2n) is 7.06. The monoisotopic (exact) mass is 280 g/mol. The van der Waals surface area contributed by atoms with Crippen molar-refractivity contribution in [1.82, 2.24) is 9.80 Å². The van der Waals surface area contributed by atoms with Gasteiger partial charge in [-0.05, 0) is 37.5 Å². The van der Waals surface area contributed by atoms with Crippen molar-refractivity contribution < 1.29 is 14.7 Å².